The van der Waals surface area contributed by atoms with Gasteiger partial charge in [-0.25, -0.2) is 0 Å². The number of carbonyl (C=O) groups excluding carboxylic acids is 1. The molecule has 1 saturated heterocycles. The molecule has 0 spiro atoms. The Labute approximate surface area is 90.1 Å². The molecule has 1 atom stereocenters. The Morgan fingerprint density at radius 1 is 1.53 bits per heavy atom. The molecule has 3 nitrogen and oxygen atoms in total. The van der Waals surface area contributed by atoms with Crippen LogP contribution in [0.5, 0.6) is 0 Å². The minimum Gasteiger partial charge on any atom is -0.369 e. The number of carbonyl (C=O) groups is 1. The van der Waals surface area contributed by atoms with E-state index in [0.717, 1.165) is 24.5 Å². The van der Waals surface area contributed by atoms with E-state index in [9.17, 15) is 4.79 Å². The molecular formula is C12H16N2O. The first-order valence-electron chi connectivity index (χ1n) is 5.38. The largest absolute Gasteiger partial charge is 0.369 e. The molecule has 0 amide bonds. The first kappa shape index (κ1) is 10.1. The van der Waals surface area contributed by atoms with Gasteiger partial charge in [0.25, 0.3) is 0 Å². The van der Waals surface area contributed by atoms with Crippen LogP contribution in [0.25, 0.3) is 0 Å². The Bertz CT molecular complexity index is 376. The fraction of sp³-hybridized carbons (Fsp3) is 0.500. The van der Waals surface area contributed by atoms with Crippen LogP contribution in [0.4, 0.5) is 5.69 Å². The topological polar surface area (TPSA) is 33.2 Å². The summed E-state index contributed by atoms with van der Waals surface area (Å²) < 4.78 is 0. The monoisotopic (exact) mass is 204 g/mol. The fourth-order valence-electron chi connectivity index (χ4n) is 2.04. The Kier molecular flexibility index (Phi) is 2.71. The second-order valence-corrected chi connectivity index (χ2v) is 4.17. The summed E-state index contributed by atoms with van der Waals surface area (Å²) in [5, 5.41) is 0. The van der Waals surface area contributed by atoms with Crippen LogP contribution in [0.1, 0.15) is 19.0 Å². The minimum absolute atomic E-state index is 0.151. The molecule has 0 radical (unpaired) electrons. The third-order valence-electron chi connectivity index (χ3n) is 2.99. The molecule has 1 aromatic rings. The number of pyridine rings is 1. The highest BCUT2D eigenvalue weighted by Gasteiger charge is 2.24. The number of ketones is 1. The van der Waals surface area contributed by atoms with E-state index >= 15 is 0 Å². The van der Waals surface area contributed by atoms with Gasteiger partial charge in [0.15, 0.2) is 0 Å². The molecular weight excluding hydrogens is 188 g/mol. The second kappa shape index (κ2) is 4.01. The molecule has 2 rings (SSSR count). The van der Waals surface area contributed by atoms with Crippen molar-refractivity contribution < 1.29 is 4.79 Å². The van der Waals surface area contributed by atoms with Crippen LogP contribution in [0.3, 0.4) is 0 Å². The number of hydrogen-bond donors (Lipinski definition) is 0. The number of aromatic nitrogens is 1. The van der Waals surface area contributed by atoms with Crippen LogP contribution < -0.4 is 4.90 Å². The van der Waals surface area contributed by atoms with E-state index < -0.39 is 0 Å². The number of nitrogens with zero attached hydrogens (tertiary/aromatic N) is 2. The summed E-state index contributed by atoms with van der Waals surface area (Å²) in [6, 6.07) is 4.02. The fourth-order valence-corrected chi connectivity index (χ4v) is 2.04. The first-order chi connectivity index (χ1) is 7.18. The summed E-state index contributed by atoms with van der Waals surface area (Å²) in [7, 11) is 0. The van der Waals surface area contributed by atoms with E-state index in [1.165, 1.54) is 0 Å². The second-order valence-electron chi connectivity index (χ2n) is 4.17. The zero-order chi connectivity index (χ0) is 10.8. The molecule has 0 aromatic carbocycles. The van der Waals surface area contributed by atoms with E-state index in [1.807, 2.05) is 19.9 Å². The molecule has 0 bridgehead atoms. The van der Waals surface area contributed by atoms with Crippen LogP contribution >= 0.6 is 0 Å². The number of Topliss-reactive ketones (excluding diaryl/α,β-unsaturated/α-hetero) is 1. The van der Waals surface area contributed by atoms with Gasteiger partial charge in [-0.2, -0.15) is 0 Å². The zero-order valence-corrected chi connectivity index (χ0v) is 9.23. The van der Waals surface area contributed by atoms with Crippen molar-refractivity contribution in [2.75, 3.05) is 18.0 Å². The summed E-state index contributed by atoms with van der Waals surface area (Å²) in [4.78, 5) is 17.9. The van der Waals surface area contributed by atoms with Gasteiger partial charge in [-0.05, 0) is 19.1 Å². The van der Waals surface area contributed by atoms with Crippen molar-refractivity contribution in [1.29, 1.82) is 0 Å². The molecule has 1 unspecified atom stereocenters. The minimum atomic E-state index is 0.151. The zero-order valence-electron chi connectivity index (χ0n) is 9.23. The number of rotatable bonds is 1. The summed E-state index contributed by atoms with van der Waals surface area (Å²) in [5.74, 6) is 0.533. The van der Waals surface area contributed by atoms with E-state index in [1.54, 1.807) is 6.20 Å². The van der Waals surface area contributed by atoms with Gasteiger partial charge in [0.1, 0.15) is 5.78 Å². The molecule has 1 aliphatic rings. The third-order valence-corrected chi connectivity index (χ3v) is 2.99. The molecule has 1 aliphatic heterocycles. The van der Waals surface area contributed by atoms with Crippen molar-refractivity contribution in [2.24, 2.45) is 5.92 Å². The molecule has 1 aromatic heterocycles. The maximum Gasteiger partial charge on any atom is 0.139 e. The van der Waals surface area contributed by atoms with Gasteiger partial charge in [0, 0.05) is 31.6 Å². The van der Waals surface area contributed by atoms with E-state index in [2.05, 4.69) is 16.0 Å². The summed E-state index contributed by atoms with van der Waals surface area (Å²) in [6.07, 6.45) is 2.47. The maximum atomic E-state index is 11.4. The smallest absolute Gasteiger partial charge is 0.139 e. The lowest BCUT2D eigenvalue weighted by Gasteiger charge is -2.32. The Balaban J connectivity index is 2.19. The number of hydrogen-bond acceptors (Lipinski definition) is 3. The van der Waals surface area contributed by atoms with Gasteiger partial charge >= 0.3 is 0 Å². The van der Waals surface area contributed by atoms with Crippen molar-refractivity contribution in [1.82, 2.24) is 4.98 Å². The van der Waals surface area contributed by atoms with Gasteiger partial charge in [-0.15, -0.1) is 0 Å². The summed E-state index contributed by atoms with van der Waals surface area (Å²) in [5.41, 5.74) is 2.20. The van der Waals surface area contributed by atoms with Crippen molar-refractivity contribution in [2.45, 2.75) is 20.3 Å². The maximum absolute atomic E-state index is 11.4. The van der Waals surface area contributed by atoms with Gasteiger partial charge in [0.05, 0.1) is 11.4 Å². The number of anilines is 1. The first-order valence-corrected chi connectivity index (χ1v) is 5.38. The lowest BCUT2D eigenvalue weighted by atomic mass is 9.98. The van der Waals surface area contributed by atoms with Crippen molar-refractivity contribution in [3.8, 4) is 0 Å². The molecule has 3 heteroatoms. The van der Waals surface area contributed by atoms with Gasteiger partial charge in [-0.3, -0.25) is 9.78 Å². The lowest BCUT2D eigenvalue weighted by Crippen LogP contribution is -2.40. The average Bonchev–Trinajstić information content (AvgIpc) is 2.23. The summed E-state index contributed by atoms with van der Waals surface area (Å²) in [6.45, 7) is 5.66. The highest BCUT2D eigenvalue weighted by molar-refractivity contribution is 5.83. The van der Waals surface area contributed by atoms with Gasteiger partial charge < -0.3 is 4.90 Å². The normalized spacial score (nSPS) is 21.9. The van der Waals surface area contributed by atoms with E-state index in [4.69, 9.17) is 0 Å². The third kappa shape index (κ3) is 2.01. The van der Waals surface area contributed by atoms with Crippen LogP contribution in [0.2, 0.25) is 0 Å². The van der Waals surface area contributed by atoms with Crippen LogP contribution in [-0.4, -0.2) is 23.9 Å². The van der Waals surface area contributed by atoms with Crippen LogP contribution in [-0.2, 0) is 4.79 Å². The molecule has 80 valence electrons. The van der Waals surface area contributed by atoms with Crippen molar-refractivity contribution >= 4 is 11.5 Å². The standard InChI is InChI=1S/C12H16N2O/c1-9-8-14(7-5-12(9)15)11-4-3-6-13-10(11)2/h3-4,6,9H,5,7-8H2,1-2H3. The average molecular weight is 204 g/mol. The number of piperidine rings is 1. The molecule has 0 aliphatic carbocycles. The molecule has 2 heterocycles. The predicted molar refractivity (Wildman–Crippen MR) is 60.0 cm³/mol. The van der Waals surface area contributed by atoms with Crippen molar-refractivity contribution in [3.63, 3.8) is 0 Å². The molecule has 0 saturated carbocycles. The molecule has 0 N–H and O–H groups in total. The molecule has 15 heavy (non-hydrogen) atoms. The van der Waals surface area contributed by atoms with Gasteiger partial charge in [-0.1, -0.05) is 6.92 Å². The SMILES string of the molecule is Cc1ncccc1N1CCC(=O)C(C)C1. The van der Waals surface area contributed by atoms with Crippen LogP contribution in [0.15, 0.2) is 18.3 Å². The highest BCUT2D eigenvalue weighted by Crippen LogP contribution is 2.22. The Hall–Kier alpha value is -1.38. The van der Waals surface area contributed by atoms with Crippen molar-refractivity contribution in [3.05, 3.63) is 24.0 Å². The number of aryl methyl sites for hydroxylation is 1. The lowest BCUT2D eigenvalue weighted by molar-refractivity contribution is -0.122. The highest BCUT2D eigenvalue weighted by atomic mass is 16.1. The van der Waals surface area contributed by atoms with Crippen LogP contribution in [0, 0.1) is 12.8 Å². The van der Waals surface area contributed by atoms with E-state index in [0.29, 0.717) is 12.2 Å². The van der Waals surface area contributed by atoms with E-state index in [-0.39, 0.29) is 5.92 Å². The summed E-state index contributed by atoms with van der Waals surface area (Å²) >= 11 is 0. The quantitative estimate of drug-likeness (QED) is 0.699. The van der Waals surface area contributed by atoms with Gasteiger partial charge in [0.2, 0.25) is 0 Å². The molecule has 1 fully saturated rings. The Morgan fingerprint density at radius 2 is 2.33 bits per heavy atom. The Morgan fingerprint density at radius 3 is 3.00 bits per heavy atom. The predicted octanol–water partition coefficient (Wildman–Crippen LogP) is 1.81.